The molecule has 0 aromatic heterocycles. The summed E-state index contributed by atoms with van der Waals surface area (Å²) in [5.74, 6) is -1.33. The Kier molecular flexibility index (Phi) is 9.50. The number of nitrogens with one attached hydrogen (secondary N) is 1. The molecule has 0 saturated heterocycles. The standard InChI is InChI=1S/C32H41N2O7P/c1-2-40-29(35)21-34-28-11-4-3-8-25(28)14-15-27(30(34)36)33-31(37)32(17-5-6-18-32)22-42(38,39)41-19-16-23-12-13-24-9-7-10-26(24)20-23/h3-4,8,11-13,20,27H,2,5-7,9-10,14-19,21-22H2,1H3,(H,33,37)(H,38,39)/t27-/m0/s1. The van der Waals surface area contributed by atoms with Crippen LogP contribution < -0.4 is 10.2 Å². The van der Waals surface area contributed by atoms with E-state index in [9.17, 15) is 23.8 Å². The molecule has 3 aliphatic rings. The van der Waals surface area contributed by atoms with Gasteiger partial charge in [0.25, 0.3) is 0 Å². The summed E-state index contributed by atoms with van der Waals surface area (Å²) in [6.45, 7) is 1.73. The van der Waals surface area contributed by atoms with Gasteiger partial charge in [-0.15, -0.1) is 0 Å². The maximum absolute atomic E-state index is 13.8. The second kappa shape index (κ2) is 13.1. The average Bonchev–Trinajstić information content (AvgIpc) is 3.61. The minimum absolute atomic E-state index is 0.0897. The summed E-state index contributed by atoms with van der Waals surface area (Å²) >= 11 is 0. The highest BCUT2D eigenvalue weighted by atomic mass is 31.2. The van der Waals surface area contributed by atoms with E-state index in [0.717, 1.165) is 43.2 Å². The first-order chi connectivity index (χ1) is 20.2. The van der Waals surface area contributed by atoms with E-state index in [1.165, 1.54) is 16.0 Å². The van der Waals surface area contributed by atoms with Crippen molar-refractivity contribution >= 4 is 31.1 Å². The molecule has 2 aliphatic carbocycles. The third-order valence-electron chi connectivity index (χ3n) is 8.84. The Bertz CT molecular complexity index is 1370. The fourth-order valence-electron chi connectivity index (χ4n) is 6.68. The number of para-hydroxylation sites is 1. The Balaban J connectivity index is 1.25. The zero-order chi connectivity index (χ0) is 29.7. The van der Waals surface area contributed by atoms with Gasteiger partial charge >= 0.3 is 13.6 Å². The van der Waals surface area contributed by atoms with Crippen molar-refractivity contribution < 1.29 is 33.1 Å². The fourth-order valence-corrected chi connectivity index (χ4v) is 8.38. The first kappa shape index (κ1) is 30.5. The Morgan fingerprint density at radius 2 is 1.81 bits per heavy atom. The Hall–Kier alpha value is -3.00. The van der Waals surface area contributed by atoms with Crippen LogP contribution in [-0.2, 0) is 53.9 Å². The van der Waals surface area contributed by atoms with Crippen molar-refractivity contribution in [1.82, 2.24) is 5.32 Å². The molecule has 0 spiro atoms. The van der Waals surface area contributed by atoms with Crippen LogP contribution in [-0.4, -0.2) is 54.6 Å². The summed E-state index contributed by atoms with van der Waals surface area (Å²) in [4.78, 5) is 52.1. The molecule has 2 N–H and O–H groups in total. The van der Waals surface area contributed by atoms with Gasteiger partial charge < -0.3 is 19.5 Å². The van der Waals surface area contributed by atoms with Gasteiger partial charge in [-0.1, -0.05) is 49.2 Å². The number of rotatable bonds is 11. The first-order valence-corrected chi connectivity index (χ1v) is 16.9. The van der Waals surface area contributed by atoms with E-state index in [2.05, 4.69) is 23.5 Å². The molecule has 2 aromatic carbocycles. The molecule has 5 rings (SSSR count). The molecule has 1 aliphatic heterocycles. The van der Waals surface area contributed by atoms with Gasteiger partial charge in [0.15, 0.2) is 0 Å². The van der Waals surface area contributed by atoms with E-state index in [1.54, 1.807) is 19.1 Å². The molecule has 2 atom stereocenters. The van der Waals surface area contributed by atoms with Gasteiger partial charge in [0, 0.05) is 5.69 Å². The summed E-state index contributed by atoms with van der Waals surface area (Å²) in [6.07, 6.45) is 6.84. The number of ether oxygens (including phenoxy) is 1. The molecule has 1 fully saturated rings. The average molecular weight is 597 g/mol. The van der Waals surface area contributed by atoms with Gasteiger partial charge in [0.05, 0.1) is 24.8 Å². The molecule has 42 heavy (non-hydrogen) atoms. The number of nitrogens with zero attached hydrogens (tertiary/aromatic N) is 1. The van der Waals surface area contributed by atoms with Gasteiger partial charge in [-0.05, 0) is 86.6 Å². The zero-order valence-electron chi connectivity index (χ0n) is 24.3. The van der Waals surface area contributed by atoms with Crippen molar-refractivity contribution in [2.75, 3.05) is 30.8 Å². The smallest absolute Gasteiger partial charge is 0.329 e. The summed E-state index contributed by atoms with van der Waals surface area (Å²) in [5, 5.41) is 2.92. The molecule has 0 bridgehead atoms. The fraction of sp³-hybridized carbons (Fsp3) is 0.531. The molecule has 226 valence electrons. The Morgan fingerprint density at radius 3 is 2.60 bits per heavy atom. The molecule has 2 amide bonds. The Labute approximate surface area is 247 Å². The lowest BCUT2D eigenvalue weighted by Gasteiger charge is -2.32. The number of carbonyl (C=O) groups is 3. The normalized spacial score (nSPS) is 20.8. The number of carbonyl (C=O) groups excluding carboxylic acids is 3. The van der Waals surface area contributed by atoms with Crippen LogP contribution in [0.4, 0.5) is 5.69 Å². The minimum Gasteiger partial charge on any atom is -0.465 e. The van der Waals surface area contributed by atoms with Gasteiger partial charge in [-0.25, -0.2) is 0 Å². The molecule has 1 saturated carbocycles. The third-order valence-corrected chi connectivity index (χ3v) is 10.4. The number of benzene rings is 2. The summed E-state index contributed by atoms with van der Waals surface area (Å²) in [7, 11) is -4.09. The van der Waals surface area contributed by atoms with Crippen LogP contribution in [0.15, 0.2) is 42.5 Å². The lowest BCUT2D eigenvalue weighted by atomic mass is 9.87. The summed E-state index contributed by atoms with van der Waals surface area (Å²) in [5.41, 5.74) is 4.23. The van der Waals surface area contributed by atoms with Gasteiger partial charge in [0.1, 0.15) is 12.6 Å². The lowest BCUT2D eigenvalue weighted by Crippen LogP contribution is -2.53. The van der Waals surface area contributed by atoms with E-state index < -0.39 is 36.8 Å². The molecule has 1 unspecified atom stereocenters. The SMILES string of the molecule is CCOC(=O)CN1C(=O)[C@@H](NC(=O)C2(CP(=O)(O)OCCc3ccc4c(c3)CCC4)CCCC2)CCc2ccccc21. The zero-order valence-corrected chi connectivity index (χ0v) is 25.2. The van der Waals surface area contributed by atoms with Crippen molar-refractivity contribution in [3.8, 4) is 0 Å². The predicted octanol–water partition coefficient (Wildman–Crippen LogP) is 4.51. The second-order valence-corrected chi connectivity index (χ2v) is 13.6. The monoisotopic (exact) mass is 596 g/mol. The highest BCUT2D eigenvalue weighted by Crippen LogP contribution is 2.53. The molecule has 2 aromatic rings. The van der Waals surface area contributed by atoms with Gasteiger partial charge in [-0.3, -0.25) is 23.8 Å². The van der Waals surface area contributed by atoms with Gasteiger partial charge in [-0.2, -0.15) is 0 Å². The van der Waals surface area contributed by atoms with E-state index in [4.69, 9.17) is 9.26 Å². The number of esters is 1. The highest BCUT2D eigenvalue weighted by Gasteiger charge is 2.48. The van der Waals surface area contributed by atoms with Crippen LogP contribution in [0.5, 0.6) is 0 Å². The van der Waals surface area contributed by atoms with Crippen LogP contribution in [0, 0.1) is 5.41 Å². The number of amides is 2. The van der Waals surface area contributed by atoms with Crippen LogP contribution in [0.2, 0.25) is 0 Å². The van der Waals surface area contributed by atoms with Crippen molar-refractivity contribution in [2.24, 2.45) is 5.41 Å². The molecule has 0 radical (unpaired) electrons. The third kappa shape index (κ3) is 6.96. The van der Waals surface area contributed by atoms with E-state index in [1.807, 2.05) is 12.1 Å². The van der Waals surface area contributed by atoms with Crippen molar-refractivity contribution in [3.05, 3.63) is 64.7 Å². The maximum Gasteiger partial charge on any atom is 0.329 e. The van der Waals surface area contributed by atoms with E-state index in [-0.39, 0.29) is 25.9 Å². The van der Waals surface area contributed by atoms with E-state index in [0.29, 0.717) is 37.8 Å². The molecular weight excluding hydrogens is 555 g/mol. The van der Waals surface area contributed by atoms with Gasteiger partial charge in [0.2, 0.25) is 11.8 Å². The van der Waals surface area contributed by atoms with Crippen molar-refractivity contribution in [1.29, 1.82) is 0 Å². The summed E-state index contributed by atoms with van der Waals surface area (Å²) < 4.78 is 23.9. The first-order valence-electron chi connectivity index (χ1n) is 15.1. The number of anilines is 1. The second-order valence-electron chi connectivity index (χ2n) is 11.7. The highest BCUT2D eigenvalue weighted by molar-refractivity contribution is 7.52. The molecule has 1 heterocycles. The number of aryl methyl sites for hydroxylation is 3. The largest absolute Gasteiger partial charge is 0.465 e. The van der Waals surface area contributed by atoms with Crippen LogP contribution in [0.25, 0.3) is 0 Å². The quantitative estimate of drug-likeness (QED) is 0.289. The van der Waals surface area contributed by atoms with Crippen LogP contribution in [0.3, 0.4) is 0 Å². The molecule has 9 nitrogen and oxygen atoms in total. The minimum atomic E-state index is -4.09. The van der Waals surface area contributed by atoms with Crippen LogP contribution in [0.1, 0.15) is 67.7 Å². The number of hydrogen-bond donors (Lipinski definition) is 2. The molecular formula is C32H41N2O7P. The summed E-state index contributed by atoms with van der Waals surface area (Å²) in [6, 6.07) is 12.8. The topological polar surface area (TPSA) is 122 Å². The Morgan fingerprint density at radius 1 is 1.05 bits per heavy atom. The lowest BCUT2D eigenvalue weighted by molar-refractivity contribution is -0.142. The predicted molar refractivity (Wildman–Crippen MR) is 159 cm³/mol. The maximum atomic E-state index is 13.8. The molecule has 10 heteroatoms. The van der Waals surface area contributed by atoms with Crippen LogP contribution >= 0.6 is 7.60 Å². The van der Waals surface area contributed by atoms with E-state index >= 15 is 0 Å². The van der Waals surface area contributed by atoms with Crippen molar-refractivity contribution in [2.45, 2.75) is 77.2 Å². The number of hydrogen-bond acceptors (Lipinski definition) is 6. The number of fused-ring (bicyclic) bond motifs is 2. The van der Waals surface area contributed by atoms with Crippen molar-refractivity contribution in [3.63, 3.8) is 0 Å².